The number of halogens is 1. The van der Waals surface area contributed by atoms with Crippen LogP contribution in [0.1, 0.15) is 17.9 Å². The van der Waals surface area contributed by atoms with Crippen LogP contribution in [0, 0.1) is 12.8 Å². The molecule has 1 N–H and O–H groups in total. The molecule has 138 valence electrons. The monoisotopic (exact) mass is 383 g/mol. The van der Waals surface area contributed by atoms with Gasteiger partial charge in [0.05, 0.1) is 5.92 Å². The Kier molecular flexibility index (Phi) is 4.58. The highest BCUT2D eigenvalue weighted by Gasteiger charge is 2.35. The number of fused-ring (bicyclic) bond motifs is 1. The van der Waals surface area contributed by atoms with E-state index in [4.69, 9.17) is 16.0 Å². The van der Waals surface area contributed by atoms with Crippen molar-refractivity contribution in [2.75, 3.05) is 11.4 Å². The number of hydrogen-bond acceptors (Lipinski definition) is 4. The van der Waals surface area contributed by atoms with Crippen molar-refractivity contribution in [3.63, 3.8) is 0 Å². The van der Waals surface area contributed by atoms with Crippen LogP contribution in [-0.4, -0.2) is 23.3 Å². The summed E-state index contributed by atoms with van der Waals surface area (Å²) in [5.74, 6) is -0.0127. The molecule has 3 aromatic rings. The predicted octanol–water partition coefficient (Wildman–Crippen LogP) is 3.46. The van der Waals surface area contributed by atoms with Crippen LogP contribution in [0.15, 0.2) is 46.9 Å². The molecule has 27 heavy (non-hydrogen) atoms. The van der Waals surface area contributed by atoms with E-state index >= 15 is 0 Å². The van der Waals surface area contributed by atoms with Gasteiger partial charge >= 0.3 is 0 Å². The van der Waals surface area contributed by atoms with Crippen molar-refractivity contribution in [2.24, 2.45) is 5.92 Å². The second-order valence-electron chi connectivity index (χ2n) is 6.64. The van der Waals surface area contributed by atoms with Gasteiger partial charge in [0.2, 0.25) is 11.8 Å². The SMILES string of the molecule is Cc1nc2cc(N3CC(C(=O)NCc4cccc(Cl)c4)CC3=O)ccc2o1. The lowest BCUT2D eigenvalue weighted by atomic mass is 10.1. The molecule has 1 aliphatic heterocycles. The molecule has 6 nitrogen and oxygen atoms in total. The minimum Gasteiger partial charge on any atom is -0.441 e. The van der Waals surface area contributed by atoms with Crippen LogP contribution in [0.3, 0.4) is 0 Å². The Morgan fingerprint density at radius 3 is 3.00 bits per heavy atom. The van der Waals surface area contributed by atoms with E-state index in [9.17, 15) is 9.59 Å². The molecule has 1 unspecified atom stereocenters. The lowest BCUT2D eigenvalue weighted by Crippen LogP contribution is -2.32. The van der Waals surface area contributed by atoms with Gasteiger partial charge in [-0.1, -0.05) is 23.7 Å². The van der Waals surface area contributed by atoms with Crippen molar-refractivity contribution < 1.29 is 14.0 Å². The van der Waals surface area contributed by atoms with Crippen LogP contribution in [0.4, 0.5) is 5.69 Å². The number of anilines is 1. The first-order valence-electron chi connectivity index (χ1n) is 8.69. The van der Waals surface area contributed by atoms with Crippen molar-refractivity contribution in [3.05, 3.63) is 58.9 Å². The smallest absolute Gasteiger partial charge is 0.227 e. The molecule has 7 heteroatoms. The highest BCUT2D eigenvalue weighted by Crippen LogP contribution is 2.28. The molecule has 0 aliphatic carbocycles. The first-order chi connectivity index (χ1) is 13.0. The van der Waals surface area contributed by atoms with E-state index in [-0.39, 0.29) is 24.2 Å². The Bertz CT molecular complexity index is 1030. The zero-order valence-corrected chi connectivity index (χ0v) is 15.5. The number of aromatic nitrogens is 1. The topological polar surface area (TPSA) is 75.4 Å². The molecule has 2 aromatic carbocycles. The van der Waals surface area contributed by atoms with Gasteiger partial charge < -0.3 is 14.6 Å². The quantitative estimate of drug-likeness (QED) is 0.748. The molecule has 2 amide bonds. The van der Waals surface area contributed by atoms with Gasteiger partial charge in [-0.05, 0) is 35.9 Å². The zero-order valence-electron chi connectivity index (χ0n) is 14.7. The Morgan fingerprint density at radius 2 is 2.19 bits per heavy atom. The van der Waals surface area contributed by atoms with Gasteiger partial charge in [0.25, 0.3) is 0 Å². The summed E-state index contributed by atoms with van der Waals surface area (Å²) in [5.41, 5.74) is 3.03. The summed E-state index contributed by atoms with van der Waals surface area (Å²) >= 11 is 5.96. The summed E-state index contributed by atoms with van der Waals surface area (Å²) in [4.78, 5) is 30.9. The third-order valence-electron chi connectivity index (χ3n) is 4.64. The summed E-state index contributed by atoms with van der Waals surface area (Å²) in [6.07, 6.45) is 0.192. The number of benzene rings is 2. The summed E-state index contributed by atoms with van der Waals surface area (Å²) in [6.45, 7) is 2.51. The molecule has 1 atom stereocenters. The largest absolute Gasteiger partial charge is 0.441 e. The number of oxazole rings is 1. The molecule has 0 bridgehead atoms. The number of carbonyl (C=O) groups excluding carboxylic acids is 2. The molecule has 2 heterocycles. The van der Waals surface area contributed by atoms with Gasteiger partial charge in [0, 0.05) is 37.1 Å². The molecule has 1 saturated heterocycles. The third kappa shape index (κ3) is 3.66. The third-order valence-corrected chi connectivity index (χ3v) is 4.88. The molecule has 0 spiro atoms. The van der Waals surface area contributed by atoms with E-state index in [0.29, 0.717) is 35.1 Å². The number of amides is 2. The highest BCUT2D eigenvalue weighted by atomic mass is 35.5. The van der Waals surface area contributed by atoms with Gasteiger partial charge in [-0.15, -0.1) is 0 Å². The van der Waals surface area contributed by atoms with Crippen LogP contribution in [0.5, 0.6) is 0 Å². The minimum atomic E-state index is -0.383. The van der Waals surface area contributed by atoms with E-state index in [1.54, 1.807) is 24.0 Å². The number of hydrogen-bond donors (Lipinski definition) is 1. The zero-order chi connectivity index (χ0) is 19.0. The van der Waals surface area contributed by atoms with Crippen LogP contribution < -0.4 is 10.2 Å². The van der Waals surface area contributed by atoms with E-state index in [2.05, 4.69) is 10.3 Å². The number of rotatable bonds is 4. The summed E-state index contributed by atoms with van der Waals surface area (Å²) < 4.78 is 5.47. The Labute approximate surface area is 161 Å². The molecule has 1 aliphatic rings. The lowest BCUT2D eigenvalue weighted by Gasteiger charge is -2.16. The number of nitrogens with one attached hydrogen (secondary N) is 1. The molecule has 0 radical (unpaired) electrons. The minimum absolute atomic E-state index is 0.0718. The summed E-state index contributed by atoms with van der Waals surface area (Å²) in [5, 5.41) is 3.52. The molecule has 1 aromatic heterocycles. The molecular weight excluding hydrogens is 366 g/mol. The first-order valence-corrected chi connectivity index (χ1v) is 9.07. The average Bonchev–Trinajstić information content (AvgIpc) is 3.20. The average molecular weight is 384 g/mol. The fourth-order valence-electron chi connectivity index (χ4n) is 3.31. The van der Waals surface area contributed by atoms with Crippen LogP contribution >= 0.6 is 11.6 Å². The normalized spacial score (nSPS) is 16.9. The summed E-state index contributed by atoms with van der Waals surface area (Å²) in [7, 11) is 0. The van der Waals surface area contributed by atoms with E-state index in [0.717, 1.165) is 11.3 Å². The van der Waals surface area contributed by atoms with Crippen molar-refractivity contribution in [1.82, 2.24) is 10.3 Å². The fraction of sp³-hybridized carbons (Fsp3) is 0.250. The number of aryl methyl sites for hydroxylation is 1. The Morgan fingerprint density at radius 1 is 1.33 bits per heavy atom. The second-order valence-corrected chi connectivity index (χ2v) is 7.07. The highest BCUT2D eigenvalue weighted by molar-refractivity contribution is 6.30. The molecule has 0 saturated carbocycles. The van der Waals surface area contributed by atoms with E-state index < -0.39 is 0 Å². The maximum Gasteiger partial charge on any atom is 0.227 e. The Hall–Kier alpha value is -2.86. The van der Waals surface area contributed by atoms with Crippen molar-refractivity contribution in [1.29, 1.82) is 0 Å². The maximum absolute atomic E-state index is 12.5. The van der Waals surface area contributed by atoms with Crippen LogP contribution in [0.2, 0.25) is 5.02 Å². The second kappa shape index (κ2) is 7.04. The molecular formula is C20H18ClN3O3. The van der Waals surface area contributed by atoms with Gasteiger partial charge in [-0.25, -0.2) is 4.98 Å². The standard InChI is InChI=1S/C20H18ClN3O3/c1-12-23-17-9-16(5-6-18(17)27-12)24-11-14(8-19(24)25)20(26)22-10-13-3-2-4-15(21)7-13/h2-7,9,14H,8,10-11H2,1H3,(H,22,26). The lowest BCUT2D eigenvalue weighted by molar-refractivity contribution is -0.126. The van der Waals surface area contributed by atoms with Crippen molar-refractivity contribution in [2.45, 2.75) is 19.9 Å². The van der Waals surface area contributed by atoms with Crippen molar-refractivity contribution >= 4 is 40.2 Å². The predicted molar refractivity (Wildman–Crippen MR) is 103 cm³/mol. The van der Waals surface area contributed by atoms with Crippen LogP contribution in [-0.2, 0) is 16.1 Å². The molecule has 4 rings (SSSR count). The van der Waals surface area contributed by atoms with Gasteiger partial charge in [-0.2, -0.15) is 0 Å². The van der Waals surface area contributed by atoms with Gasteiger partial charge in [0.1, 0.15) is 5.52 Å². The molecule has 1 fully saturated rings. The van der Waals surface area contributed by atoms with E-state index in [1.165, 1.54) is 0 Å². The first kappa shape index (κ1) is 17.5. The Balaban J connectivity index is 1.43. The number of carbonyl (C=O) groups is 2. The fourth-order valence-corrected chi connectivity index (χ4v) is 3.52. The van der Waals surface area contributed by atoms with Gasteiger partial charge in [0.15, 0.2) is 11.5 Å². The van der Waals surface area contributed by atoms with E-state index in [1.807, 2.05) is 30.3 Å². The van der Waals surface area contributed by atoms with Gasteiger partial charge in [-0.3, -0.25) is 9.59 Å². The van der Waals surface area contributed by atoms with Crippen LogP contribution in [0.25, 0.3) is 11.1 Å². The maximum atomic E-state index is 12.5. The van der Waals surface area contributed by atoms with Crippen molar-refractivity contribution in [3.8, 4) is 0 Å². The summed E-state index contributed by atoms with van der Waals surface area (Å²) in [6, 6.07) is 12.8. The number of nitrogens with zero attached hydrogens (tertiary/aromatic N) is 2.